The van der Waals surface area contributed by atoms with Crippen LogP contribution in [0.1, 0.15) is 12.7 Å². The van der Waals surface area contributed by atoms with Crippen LogP contribution >= 0.6 is 0 Å². The molecular weight excluding hydrogens is 222 g/mol. The molecule has 0 saturated carbocycles. The predicted octanol–water partition coefficient (Wildman–Crippen LogP) is 0.239. The number of hydrogen-bond donors (Lipinski definition) is 1. The molecule has 0 spiro atoms. The van der Waals surface area contributed by atoms with Gasteiger partial charge in [0.05, 0.1) is 10.9 Å². The fraction of sp³-hybridized carbons (Fsp3) is 0.200. The summed E-state index contributed by atoms with van der Waals surface area (Å²) < 4.78 is 2.03. The maximum Gasteiger partial charge on any atom is 0.293 e. The van der Waals surface area contributed by atoms with Crippen LogP contribution < -0.4 is 5.56 Å². The minimum atomic E-state index is -0.523. The molecule has 0 aliphatic rings. The van der Waals surface area contributed by atoms with E-state index in [-0.39, 0.29) is 0 Å². The Balaban J connectivity index is 2.51. The molecule has 7 nitrogen and oxygen atoms in total. The lowest BCUT2D eigenvalue weighted by Gasteiger charge is -2.00. The van der Waals surface area contributed by atoms with Crippen molar-refractivity contribution in [2.24, 2.45) is 0 Å². The maximum absolute atomic E-state index is 11.7. The van der Waals surface area contributed by atoms with Gasteiger partial charge in [-0.25, -0.2) is 4.98 Å². The third-order valence-electron chi connectivity index (χ3n) is 2.58. The molecule has 3 aromatic rings. The van der Waals surface area contributed by atoms with Crippen molar-refractivity contribution in [3.05, 3.63) is 34.6 Å². The Hall–Kier alpha value is -2.44. The fourth-order valence-corrected chi connectivity index (χ4v) is 1.70. The van der Waals surface area contributed by atoms with Crippen LogP contribution in [-0.4, -0.2) is 29.5 Å². The van der Waals surface area contributed by atoms with Gasteiger partial charge in [-0.2, -0.15) is 14.2 Å². The van der Waals surface area contributed by atoms with Gasteiger partial charge in [-0.3, -0.25) is 4.79 Å². The van der Waals surface area contributed by atoms with Crippen LogP contribution in [0.15, 0.2) is 23.3 Å². The molecule has 3 aromatic heterocycles. The summed E-state index contributed by atoms with van der Waals surface area (Å²) >= 11 is 0. The highest BCUT2D eigenvalue weighted by Crippen LogP contribution is 2.09. The fourth-order valence-electron chi connectivity index (χ4n) is 1.70. The molecule has 17 heavy (non-hydrogen) atoms. The molecule has 0 fully saturated rings. The molecule has 0 amide bonds. The van der Waals surface area contributed by atoms with E-state index in [1.165, 1.54) is 16.9 Å². The molecule has 0 atom stereocenters. The molecule has 1 N–H and O–H groups in total. The van der Waals surface area contributed by atoms with E-state index in [4.69, 9.17) is 0 Å². The molecule has 0 aliphatic heterocycles. The minimum Gasteiger partial charge on any atom is -0.425 e. The summed E-state index contributed by atoms with van der Waals surface area (Å²) in [5.74, 6) is 1.11. The van der Waals surface area contributed by atoms with E-state index in [0.29, 0.717) is 33.7 Å². The monoisotopic (exact) mass is 231 g/mol. The third-order valence-corrected chi connectivity index (χ3v) is 2.58. The van der Waals surface area contributed by atoms with Gasteiger partial charge in [0.1, 0.15) is 0 Å². The van der Waals surface area contributed by atoms with E-state index in [0.717, 1.165) is 0 Å². The zero-order valence-electron chi connectivity index (χ0n) is 9.03. The second kappa shape index (κ2) is 3.27. The molecule has 0 aromatic carbocycles. The zero-order chi connectivity index (χ0) is 12.0. The SMILES string of the molecule is CCc1nc2ncc3c(=O)n(O)ccc3n2n1. The highest BCUT2D eigenvalue weighted by Gasteiger charge is 2.09. The number of pyridine rings is 1. The molecule has 0 saturated heterocycles. The van der Waals surface area contributed by atoms with Gasteiger partial charge in [0, 0.05) is 18.8 Å². The smallest absolute Gasteiger partial charge is 0.293 e. The van der Waals surface area contributed by atoms with Crippen molar-refractivity contribution in [1.29, 1.82) is 0 Å². The first-order valence-corrected chi connectivity index (χ1v) is 5.16. The van der Waals surface area contributed by atoms with Crippen LogP contribution in [0, 0.1) is 0 Å². The standard InChI is InChI=1S/C10H9N5O2/c1-2-8-12-10-11-5-6-7(15(10)13-8)3-4-14(17)9(6)16/h3-5,17H,2H2,1H3. The van der Waals surface area contributed by atoms with Crippen LogP contribution in [0.25, 0.3) is 16.7 Å². The minimum absolute atomic E-state index is 0.301. The van der Waals surface area contributed by atoms with Gasteiger partial charge in [0.15, 0.2) is 5.82 Å². The van der Waals surface area contributed by atoms with E-state index in [1.54, 1.807) is 6.07 Å². The van der Waals surface area contributed by atoms with Crippen molar-refractivity contribution < 1.29 is 5.21 Å². The summed E-state index contributed by atoms with van der Waals surface area (Å²) in [5.41, 5.74) is 0.0583. The van der Waals surface area contributed by atoms with Crippen LogP contribution in [0.5, 0.6) is 0 Å². The number of nitrogens with zero attached hydrogens (tertiary/aromatic N) is 5. The van der Waals surface area contributed by atoms with Crippen LogP contribution in [0.3, 0.4) is 0 Å². The first-order valence-electron chi connectivity index (χ1n) is 5.16. The van der Waals surface area contributed by atoms with Crippen molar-refractivity contribution in [1.82, 2.24) is 24.3 Å². The van der Waals surface area contributed by atoms with E-state index in [2.05, 4.69) is 15.1 Å². The molecule has 3 rings (SSSR count). The first-order chi connectivity index (χ1) is 8.20. The van der Waals surface area contributed by atoms with E-state index in [1.807, 2.05) is 6.92 Å². The number of rotatable bonds is 1. The quantitative estimate of drug-likeness (QED) is 0.606. The number of aryl methyl sites for hydroxylation is 1. The normalized spacial score (nSPS) is 11.4. The predicted molar refractivity (Wildman–Crippen MR) is 59.1 cm³/mol. The number of hydrogen-bond acceptors (Lipinski definition) is 5. The first kappa shape index (κ1) is 9.76. The van der Waals surface area contributed by atoms with Gasteiger partial charge in [-0.15, -0.1) is 5.10 Å². The molecule has 86 valence electrons. The average molecular weight is 231 g/mol. The summed E-state index contributed by atoms with van der Waals surface area (Å²) in [7, 11) is 0. The van der Waals surface area contributed by atoms with E-state index >= 15 is 0 Å². The molecule has 0 radical (unpaired) electrons. The molecule has 7 heteroatoms. The maximum atomic E-state index is 11.7. The number of aromatic nitrogens is 5. The second-order valence-corrected chi connectivity index (χ2v) is 3.62. The Labute approximate surface area is 94.9 Å². The molecule has 0 aliphatic carbocycles. The van der Waals surface area contributed by atoms with Crippen LogP contribution in [0.2, 0.25) is 0 Å². The zero-order valence-corrected chi connectivity index (χ0v) is 9.03. The Morgan fingerprint density at radius 2 is 2.29 bits per heavy atom. The van der Waals surface area contributed by atoms with Crippen LogP contribution in [0.4, 0.5) is 0 Å². The highest BCUT2D eigenvalue weighted by molar-refractivity contribution is 5.78. The summed E-state index contributed by atoms with van der Waals surface area (Å²) in [6.45, 7) is 1.94. The number of fused-ring (bicyclic) bond motifs is 3. The largest absolute Gasteiger partial charge is 0.425 e. The second-order valence-electron chi connectivity index (χ2n) is 3.62. The summed E-state index contributed by atoms with van der Waals surface area (Å²) in [6, 6.07) is 1.60. The molecule has 0 bridgehead atoms. The van der Waals surface area contributed by atoms with Crippen molar-refractivity contribution >= 4 is 16.7 Å². The van der Waals surface area contributed by atoms with Gasteiger partial charge in [-0.1, -0.05) is 6.92 Å². The van der Waals surface area contributed by atoms with Gasteiger partial charge in [-0.05, 0) is 6.07 Å². The van der Waals surface area contributed by atoms with Crippen molar-refractivity contribution in [2.45, 2.75) is 13.3 Å². The lowest BCUT2D eigenvalue weighted by molar-refractivity contribution is 0.176. The Bertz CT molecular complexity index is 773. The third kappa shape index (κ3) is 1.28. The average Bonchev–Trinajstić information content (AvgIpc) is 2.76. The summed E-state index contributed by atoms with van der Waals surface area (Å²) in [6.07, 6.45) is 3.37. The molecule has 3 heterocycles. The van der Waals surface area contributed by atoms with Crippen LogP contribution in [-0.2, 0) is 6.42 Å². The highest BCUT2D eigenvalue weighted by atomic mass is 16.5. The summed E-state index contributed by atoms with van der Waals surface area (Å²) in [5, 5.41) is 13.8. The van der Waals surface area contributed by atoms with E-state index in [9.17, 15) is 10.0 Å². The summed E-state index contributed by atoms with van der Waals surface area (Å²) in [4.78, 5) is 19.9. The Kier molecular flexibility index (Phi) is 1.88. The van der Waals surface area contributed by atoms with Gasteiger partial charge in [0.25, 0.3) is 11.3 Å². The Morgan fingerprint density at radius 1 is 1.47 bits per heavy atom. The van der Waals surface area contributed by atoms with Gasteiger partial charge < -0.3 is 5.21 Å². The van der Waals surface area contributed by atoms with E-state index < -0.39 is 5.56 Å². The lowest BCUT2D eigenvalue weighted by Crippen LogP contribution is -2.17. The van der Waals surface area contributed by atoms with Gasteiger partial charge in [0.2, 0.25) is 0 Å². The van der Waals surface area contributed by atoms with Gasteiger partial charge >= 0.3 is 0 Å². The topological polar surface area (TPSA) is 85.3 Å². The molecule has 0 unspecified atom stereocenters. The molecular formula is C10H9N5O2. The van der Waals surface area contributed by atoms with Crippen molar-refractivity contribution in [3.8, 4) is 0 Å². The Morgan fingerprint density at radius 3 is 3.06 bits per heavy atom. The van der Waals surface area contributed by atoms with Crippen molar-refractivity contribution in [2.75, 3.05) is 0 Å². The van der Waals surface area contributed by atoms with Crippen molar-refractivity contribution in [3.63, 3.8) is 0 Å². The lowest BCUT2D eigenvalue weighted by atomic mass is 10.3.